The van der Waals surface area contributed by atoms with Crippen molar-refractivity contribution in [1.82, 2.24) is 0 Å². The van der Waals surface area contributed by atoms with E-state index in [0.717, 1.165) is 38.5 Å². The molecular weight excluding hydrogens is 296 g/mol. The molecule has 3 saturated carbocycles. The molecule has 4 aliphatic carbocycles. The maximum absolute atomic E-state index is 11.9. The molecule has 130 valence electrons. The van der Waals surface area contributed by atoms with Gasteiger partial charge in [-0.25, -0.2) is 0 Å². The molecule has 0 radical (unpaired) electrons. The molecule has 2 heteroatoms. The van der Waals surface area contributed by atoms with E-state index in [1.54, 1.807) is 0 Å². The fourth-order valence-electron chi connectivity index (χ4n) is 7.02. The number of ketones is 1. The van der Waals surface area contributed by atoms with Crippen molar-refractivity contribution in [2.45, 2.75) is 71.3 Å². The third-order valence-corrected chi connectivity index (χ3v) is 8.12. The van der Waals surface area contributed by atoms with E-state index in [1.807, 2.05) is 13.0 Å². The Morgan fingerprint density at radius 2 is 2.04 bits per heavy atom. The van der Waals surface area contributed by atoms with Crippen molar-refractivity contribution in [3.8, 4) is 11.8 Å². The number of allylic oxidation sites excluding steroid dienone is 1. The first-order valence-electron chi connectivity index (χ1n) is 9.79. The largest absolute Gasteiger partial charge is 0.377 e. The summed E-state index contributed by atoms with van der Waals surface area (Å²) in [5, 5.41) is 11.3. The summed E-state index contributed by atoms with van der Waals surface area (Å²) in [7, 11) is 0. The number of carbonyl (C=O) groups excluding carboxylic acids is 1. The molecule has 0 heterocycles. The molecule has 7 atom stereocenters. The minimum atomic E-state index is -0.796. The molecule has 0 aromatic carbocycles. The van der Waals surface area contributed by atoms with Crippen LogP contribution in [0.25, 0.3) is 0 Å². The number of rotatable bonds is 0. The minimum absolute atomic E-state index is 0.0584. The summed E-state index contributed by atoms with van der Waals surface area (Å²) in [6.45, 7) is 6.52. The minimum Gasteiger partial charge on any atom is -0.377 e. The van der Waals surface area contributed by atoms with E-state index in [9.17, 15) is 9.90 Å². The van der Waals surface area contributed by atoms with Gasteiger partial charge < -0.3 is 5.11 Å². The molecular formula is C22H30O2. The molecule has 4 rings (SSSR count). The topological polar surface area (TPSA) is 37.3 Å². The van der Waals surface area contributed by atoms with Gasteiger partial charge >= 0.3 is 0 Å². The zero-order valence-corrected chi connectivity index (χ0v) is 15.3. The number of aliphatic hydroxyl groups is 1. The van der Waals surface area contributed by atoms with Crippen LogP contribution < -0.4 is 0 Å². The number of hydrogen-bond donors (Lipinski definition) is 1. The lowest BCUT2D eigenvalue weighted by Gasteiger charge is -2.56. The average molecular weight is 326 g/mol. The maximum atomic E-state index is 11.9. The first-order chi connectivity index (χ1) is 11.4. The number of fused-ring (bicyclic) bond motifs is 5. The van der Waals surface area contributed by atoms with Crippen LogP contribution in [0.3, 0.4) is 0 Å². The standard InChI is InChI=1S/C22H30O2/c1-4-9-22(24)11-8-19-20-14(2)12-15-13-16(23)5-6-17(15)18(20)7-10-21(19,22)3/h13-14,17-20,24H,5-8,10-12H2,1-3H3/t14-,17-,18-,19+,20+,21-,22?/m0/s1. The summed E-state index contributed by atoms with van der Waals surface area (Å²) in [5.41, 5.74) is 0.581. The van der Waals surface area contributed by atoms with Crippen molar-refractivity contribution in [3.05, 3.63) is 11.6 Å². The molecule has 1 unspecified atom stereocenters. The molecule has 0 saturated heterocycles. The smallest absolute Gasteiger partial charge is 0.155 e. The van der Waals surface area contributed by atoms with Crippen molar-refractivity contribution in [3.63, 3.8) is 0 Å². The summed E-state index contributed by atoms with van der Waals surface area (Å²) < 4.78 is 0. The normalized spacial score (nSPS) is 50.1. The molecule has 3 fully saturated rings. The van der Waals surface area contributed by atoms with Gasteiger partial charge in [0, 0.05) is 11.8 Å². The van der Waals surface area contributed by atoms with Crippen LogP contribution >= 0.6 is 0 Å². The first-order valence-corrected chi connectivity index (χ1v) is 9.79. The Hall–Kier alpha value is -1.07. The van der Waals surface area contributed by atoms with Crippen molar-refractivity contribution in [1.29, 1.82) is 0 Å². The second kappa shape index (κ2) is 5.46. The Balaban J connectivity index is 1.69. The maximum Gasteiger partial charge on any atom is 0.155 e. The highest BCUT2D eigenvalue weighted by molar-refractivity contribution is 5.91. The van der Waals surface area contributed by atoms with Crippen LogP contribution in [-0.4, -0.2) is 16.5 Å². The predicted molar refractivity (Wildman–Crippen MR) is 95.0 cm³/mol. The monoisotopic (exact) mass is 326 g/mol. The Bertz CT molecular complexity index is 651. The number of hydrogen-bond acceptors (Lipinski definition) is 2. The van der Waals surface area contributed by atoms with Crippen LogP contribution in [0, 0.1) is 46.8 Å². The highest BCUT2D eigenvalue weighted by atomic mass is 16.3. The first kappa shape index (κ1) is 16.4. The van der Waals surface area contributed by atoms with Crippen molar-refractivity contribution < 1.29 is 9.90 Å². The van der Waals surface area contributed by atoms with Gasteiger partial charge in [-0.3, -0.25) is 4.79 Å². The van der Waals surface area contributed by atoms with Gasteiger partial charge in [-0.2, -0.15) is 0 Å². The van der Waals surface area contributed by atoms with Gasteiger partial charge in [0.15, 0.2) is 5.78 Å². The van der Waals surface area contributed by atoms with E-state index in [0.29, 0.717) is 35.4 Å². The highest BCUT2D eigenvalue weighted by Crippen LogP contribution is 2.65. The molecule has 24 heavy (non-hydrogen) atoms. The summed E-state index contributed by atoms with van der Waals surface area (Å²) in [4.78, 5) is 11.9. The van der Waals surface area contributed by atoms with Crippen molar-refractivity contribution >= 4 is 5.78 Å². The fraction of sp³-hybridized carbons (Fsp3) is 0.773. The number of carbonyl (C=O) groups is 1. The van der Waals surface area contributed by atoms with Gasteiger partial charge in [-0.15, -0.1) is 5.92 Å². The lowest BCUT2D eigenvalue weighted by molar-refractivity contribution is -0.117. The molecule has 0 amide bonds. The molecule has 0 aromatic heterocycles. The van der Waals surface area contributed by atoms with E-state index >= 15 is 0 Å². The van der Waals surface area contributed by atoms with Gasteiger partial charge in [0.2, 0.25) is 0 Å². The zero-order chi connectivity index (χ0) is 17.1. The molecule has 4 aliphatic rings. The van der Waals surface area contributed by atoms with Gasteiger partial charge in [-0.1, -0.05) is 25.3 Å². The lowest BCUT2D eigenvalue weighted by atomic mass is 9.48. The van der Waals surface area contributed by atoms with E-state index in [4.69, 9.17) is 0 Å². The summed E-state index contributed by atoms with van der Waals surface area (Å²) in [6.07, 6.45) is 9.05. The summed E-state index contributed by atoms with van der Waals surface area (Å²) >= 11 is 0. The Labute approximate surface area is 146 Å². The van der Waals surface area contributed by atoms with E-state index < -0.39 is 5.60 Å². The average Bonchev–Trinajstić information content (AvgIpc) is 2.79. The summed E-state index contributed by atoms with van der Waals surface area (Å²) in [6, 6.07) is 0. The highest BCUT2D eigenvalue weighted by Gasteiger charge is 2.63. The van der Waals surface area contributed by atoms with Crippen LogP contribution in [0.5, 0.6) is 0 Å². The molecule has 0 spiro atoms. The second-order valence-electron chi connectivity index (χ2n) is 9.09. The van der Waals surface area contributed by atoms with Gasteiger partial charge in [0.25, 0.3) is 0 Å². The van der Waals surface area contributed by atoms with Gasteiger partial charge in [0.1, 0.15) is 5.60 Å². The van der Waals surface area contributed by atoms with E-state index in [1.165, 1.54) is 12.0 Å². The second-order valence-corrected chi connectivity index (χ2v) is 9.09. The predicted octanol–water partition coefficient (Wildman–Crippen LogP) is 4.13. The van der Waals surface area contributed by atoms with Crippen molar-refractivity contribution in [2.24, 2.45) is 35.0 Å². The van der Waals surface area contributed by atoms with Crippen LogP contribution in [0.1, 0.15) is 65.7 Å². The lowest BCUT2D eigenvalue weighted by Crippen LogP contribution is -2.54. The Kier molecular flexibility index (Phi) is 3.73. The third-order valence-electron chi connectivity index (χ3n) is 8.12. The van der Waals surface area contributed by atoms with Crippen LogP contribution in [0.15, 0.2) is 11.6 Å². The van der Waals surface area contributed by atoms with Crippen molar-refractivity contribution in [2.75, 3.05) is 0 Å². The summed E-state index contributed by atoms with van der Waals surface area (Å²) in [5.74, 6) is 9.73. The SMILES string of the molecule is CC#CC1(O)CC[C@@H]2[C@H]3[C@@H](CC[C@@]21C)[C@H]1CCC(=O)C=C1C[C@@H]3C. The third kappa shape index (κ3) is 2.10. The molecule has 2 nitrogen and oxygen atoms in total. The van der Waals surface area contributed by atoms with E-state index in [2.05, 4.69) is 25.7 Å². The zero-order valence-electron chi connectivity index (χ0n) is 15.3. The van der Waals surface area contributed by atoms with Crippen LogP contribution in [0.2, 0.25) is 0 Å². The fourth-order valence-corrected chi connectivity index (χ4v) is 7.02. The molecule has 0 aliphatic heterocycles. The Morgan fingerprint density at radius 1 is 1.25 bits per heavy atom. The van der Waals surface area contributed by atoms with Crippen LogP contribution in [0.4, 0.5) is 0 Å². The molecule has 0 aromatic rings. The van der Waals surface area contributed by atoms with E-state index in [-0.39, 0.29) is 5.41 Å². The Morgan fingerprint density at radius 3 is 2.79 bits per heavy atom. The molecule has 0 bridgehead atoms. The van der Waals surface area contributed by atoms with Crippen LogP contribution in [-0.2, 0) is 4.79 Å². The van der Waals surface area contributed by atoms with Gasteiger partial charge in [-0.05, 0) is 81.1 Å². The van der Waals surface area contributed by atoms with Gasteiger partial charge in [0.05, 0.1) is 0 Å². The molecule has 1 N–H and O–H groups in total. The quantitative estimate of drug-likeness (QED) is 0.680.